The predicted molar refractivity (Wildman–Crippen MR) is 66.8 cm³/mol. The third-order valence-electron chi connectivity index (χ3n) is 3.21. The molecule has 0 amide bonds. The van der Waals surface area contributed by atoms with Crippen LogP contribution in [0.3, 0.4) is 0 Å². The fraction of sp³-hybridized carbons (Fsp3) is 0.750. The number of thiazole rings is 1. The van der Waals surface area contributed by atoms with Gasteiger partial charge in [0.15, 0.2) is 0 Å². The normalized spacial score (nSPS) is 21.8. The fourth-order valence-electron chi connectivity index (χ4n) is 2.29. The van der Waals surface area contributed by atoms with Crippen LogP contribution in [0, 0.1) is 6.92 Å². The van der Waals surface area contributed by atoms with Crippen molar-refractivity contribution in [2.45, 2.75) is 51.6 Å². The molecule has 2 N–H and O–H groups in total. The van der Waals surface area contributed by atoms with Crippen LogP contribution in [0.4, 0.5) is 0 Å². The second-order valence-electron chi connectivity index (χ2n) is 4.44. The molecule has 16 heavy (non-hydrogen) atoms. The van der Waals surface area contributed by atoms with Gasteiger partial charge in [0.2, 0.25) is 0 Å². The molecule has 0 radical (unpaired) electrons. The van der Waals surface area contributed by atoms with Gasteiger partial charge in [0, 0.05) is 17.0 Å². The van der Waals surface area contributed by atoms with Crippen molar-refractivity contribution in [3.8, 4) is 0 Å². The van der Waals surface area contributed by atoms with Crippen LogP contribution in [0.25, 0.3) is 0 Å². The molecule has 1 aromatic rings. The smallest absolute Gasteiger partial charge is 0.0900 e. The molecule has 3 nitrogen and oxygen atoms in total. The number of nitrogens with one attached hydrogen (secondary N) is 1. The van der Waals surface area contributed by atoms with E-state index in [9.17, 15) is 5.11 Å². The highest BCUT2D eigenvalue weighted by atomic mass is 32.1. The summed E-state index contributed by atoms with van der Waals surface area (Å²) in [5, 5.41) is 13.9. The van der Waals surface area contributed by atoms with Gasteiger partial charge in [0.1, 0.15) is 0 Å². The molecule has 2 unspecified atom stereocenters. The predicted octanol–water partition coefficient (Wildman–Crippen LogP) is 2.19. The van der Waals surface area contributed by atoms with E-state index in [-0.39, 0.29) is 12.6 Å². The van der Waals surface area contributed by atoms with Gasteiger partial charge in [-0.25, -0.2) is 4.98 Å². The lowest BCUT2D eigenvalue weighted by Crippen LogP contribution is -2.36. The van der Waals surface area contributed by atoms with Crippen LogP contribution in [0.15, 0.2) is 0 Å². The zero-order valence-corrected chi connectivity index (χ0v) is 10.8. The van der Waals surface area contributed by atoms with Gasteiger partial charge < -0.3 is 10.4 Å². The minimum atomic E-state index is 0.221. The molecular weight excluding hydrogens is 220 g/mol. The molecule has 0 saturated carbocycles. The van der Waals surface area contributed by atoms with E-state index in [2.05, 4.69) is 24.1 Å². The van der Waals surface area contributed by atoms with Crippen molar-refractivity contribution in [3.63, 3.8) is 0 Å². The molecule has 2 atom stereocenters. The maximum absolute atomic E-state index is 9.24. The molecule has 0 fully saturated rings. The van der Waals surface area contributed by atoms with E-state index in [0.717, 1.165) is 17.8 Å². The standard InChI is InChI=1S/C12H20N2OS/c1-3-9(7-15)14-11-6-4-5-10-12(11)16-8(2)13-10/h9,11,14-15H,3-7H2,1-2H3. The number of rotatable bonds is 4. The SMILES string of the molecule is CCC(CO)NC1CCCc2nc(C)sc21. The molecular formula is C12H20N2OS. The number of aliphatic hydroxyl groups excluding tert-OH is 1. The Morgan fingerprint density at radius 1 is 1.62 bits per heavy atom. The molecule has 1 aromatic heterocycles. The summed E-state index contributed by atoms with van der Waals surface area (Å²) in [6.07, 6.45) is 4.47. The second kappa shape index (κ2) is 5.25. The van der Waals surface area contributed by atoms with Crippen LogP contribution < -0.4 is 5.32 Å². The maximum Gasteiger partial charge on any atom is 0.0900 e. The summed E-state index contributed by atoms with van der Waals surface area (Å²) in [7, 11) is 0. The molecule has 0 bridgehead atoms. The number of hydrogen-bond acceptors (Lipinski definition) is 4. The Labute approximate surface area is 101 Å². The van der Waals surface area contributed by atoms with Crippen LogP contribution in [0.2, 0.25) is 0 Å². The van der Waals surface area contributed by atoms with E-state index in [1.54, 1.807) is 11.3 Å². The summed E-state index contributed by atoms with van der Waals surface area (Å²) in [6.45, 7) is 4.40. The zero-order chi connectivity index (χ0) is 11.5. The zero-order valence-electron chi connectivity index (χ0n) is 9.99. The van der Waals surface area contributed by atoms with Gasteiger partial charge in [-0.15, -0.1) is 11.3 Å². The van der Waals surface area contributed by atoms with Gasteiger partial charge in [-0.2, -0.15) is 0 Å². The van der Waals surface area contributed by atoms with Gasteiger partial charge in [0.25, 0.3) is 0 Å². The lowest BCUT2D eigenvalue weighted by atomic mass is 9.97. The maximum atomic E-state index is 9.24. The Morgan fingerprint density at radius 3 is 3.12 bits per heavy atom. The van der Waals surface area contributed by atoms with Crippen molar-refractivity contribution in [2.24, 2.45) is 0 Å². The monoisotopic (exact) mass is 240 g/mol. The Bertz CT molecular complexity index is 347. The van der Waals surface area contributed by atoms with Crippen molar-refractivity contribution in [3.05, 3.63) is 15.6 Å². The summed E-state index contributed by atoms with van der Waals surface area (Å²) in [5.74, 6) is 0. The average Bonchev–Trinajstić information content (AvgIpc) is 2.67. The number of aliphatic hydroxyl groups is 1. The first-order chi connectivity index (χ1) is 7.74. The molecule has 0 aliphatic heterocycles. The third kappa shape index (κ3) is 2.44. The Hall–Kier alpha value is -0.450. The van der Waals surface area contributed by atoms with Crippen LogP contribution in [-0.4, -0.2) is 22.7 Å². The molecule has 1 aliphatic rings. The van der Waals surface area contributed by atoms with Gasteiger partial charge in [-0.05, 0) is 32.6 Å². The highest BCUT2D eigenvalue weighted by molar-refractivity contribution is 7.11. The summed E-state index contributed by atoms with van der Waals surface area (Å²) >= 11 is 1.81. The summed E-state index contributed by atoms with van der Waals surface area (Å²) < 4.78 is 0. The minimum Gasteiger partial charge on any atom is -0.395 e. The Morgan fingerprint density at radius 2 is 2.44 bits per heavy atom. The molecule has 1 heterocycles. The van der Waals surface area contributed by atoms with E-state index in [4.69, 9.17) is 0 Å². The summed E-state index contributed by atoms with van der Waals surface area (Å²) in [5.41, 5.74) is 1.28. The van der Waals surface area contributed by atoms with Crippen molar-refractivity contribution in [1.29, 1.82) is 0 Å². The molecule has 0 aromatic carbocycles. The lowest BCUT2D eigenvalue weighted by Gasteiger charge is -2.26. The van der Waals surface area contributed by atoms with Crippen molar-refractivity contribution >= 4 is 11.3 Å². The Kier molecular flexibility index (Phi) is 3.95. The van der Waals surface area contributed by atoms with E-state index in [0.29, 0.717) is 6.04 Å². The number of nitrogens with zero attached hydrogens (tertiary/aromatic N) is 1. The van der Waals surface area contributed by atoms with Crippen molar-refractivity contribution in [2.75, 3.05) is 6.61 Å². The first-order valence-corrected chi connectivity index (χ1v) is 6.89. The van der Waals surface area contributed by atoms with Crippen LogP contribution >= 0.6 is 11.3 Å². The van der Waals surface area contributed by atoms with Gasteiger partial charge in [-0.3, -0.25) is 0 Å². The van der Waals surface area contributed by atoms with Crippen LogP contribution in [0.1, 0.15) is 47.8 Å². The molecule has 1 aliphatic carbocycles. The van der Waals surface area contributed by atoms with Gasteiger partial charge >= 0.3 is 0 Å². The highest BCUT2D eigenvalue weighted by Gasteiger charge is 2.25. The van der Waals surface area contributed by atoms with E-state index < -0.39 is 0 Å². The number of hydrogen-bond donors (Lipinski definition) is 2. The van der Waals surface area contributed by atoms with Crippen LogP contribution in [-0.2, 0) is 6.42 Å². The molecule has 90 valence electrons. The second-order valence-corrected chi connectivity index (χ2v) is 5.68. The number of fused-ring (bicyclic) bond motifs is 1. The third-order valence-corrected chi connectivity index (χ3v) is 4.33. The summed E-state index contributed by atoms with van der Waals surface area (Å²) in [6, 6.07) is 0.630. The fourth-order valence-corrected chi connectivity index (χ4v) is 3.35. The van der Waals surface area contributed by atoms with Gasteiger partial charge in [0.05, 0.1) is 17.3 Å². The quantitative estimate of drug-likeness (QED) is 0.848. The topological polar surface area (TPSA) is 45.1 Å². The molecule has 4 heteroatoms. The molecule has 0 spiro atoms. The number of aromatic nitrogens is 1. The highest BCUT2D eigenvalue weighted by Crippen LogP contribution is 2.34. The first kappa shape index (κ1) is 12.0. The minimum absolute atomic E-state index is 0.221. The number of aryl methyl sites for hydroxylation is 2. The molecule has 2 rings (SSSR count). The average molecular weight is 240 g/mol. The molecule has 0 saturated heterocycles. The van der Waals surface area contributed by atoms with Crippen LogP contribution in [0.5, 0.6) is 0 Å². The van der Waals surface area contributed by atoms with E-state index in [1.165, 1.54) is 23.4 Å². The first-order valence-electron chi connectivity index (χ1n) is 6.07. The van der Waals surface area contributed by atoms with E-state index in [1.807, 2.05) is 0 Å². The lowest BCUT2D eigenvalue weighted by molar-refractivity contribution is 0.224. The Balaban J connectivity index is 2.12. The van der Waals surface area contributed by atoms with E-state index >= 15 is 0 Å². The van der Waals surface area contributed by atoms with Gasteiger partial charge in [-0.1, -0.05) is 6.92 Å². The van der Waals surface area contributed by atoms with Crippen molar-refractivity contribution in [1.82, 2.24) is 10.3 Å². The largest absolute Gasteiger partial charge is 0.395 e. The summed E-state index contributed by atoms with van der Waals surface area (Å²) in [4.78, 5) is 5.98. The van der Waals surface area contributed by atoms with Crippen molar-refractivity contribution < 1.29 is 5.11 Å².